The van der Waals surface area contributed by atoms with Crippen LogP contribution in [0.5, 0.6) is 5.75 Å². The quantitative estimate of drug-likeness (QED) is 0.378. The summed E-state index contributed by atoms with van der Waals surface area (Å²) in [6.07, 6.45) is 3.39. The van der Waals surface area contributed by atoms with Crippen molar-refractivity contribution in [1.82, 2.24) is 4.98 Å². The summed E-state index contributed by atoms with van der Waals surface area (Å²) in [5, 5.41) is 3.83. The summed E-state index contributed by atoms with van der Waals surface area (Å²) in [6, 6.07) is 25.4. The number of aromatic nitrogens is 1. The number of unbranched alkanes of at least 4 members (excludes halogenated alkanes) is 1. The molecule has 0 saturated carbocycles. The summed E-state index contributed by atoms with van der Waals surface area (Å²) < 4.78 is 5.36. The van der Waals surface area contributed by atoms with Gasteiger partial charge < -0.3 is 10.1 Å². The zero-order valence-corrected chi connectivity index (χ0v) is 17.9. The molecule has 3 aromatic carbocycles. The van der Waals surface area contributed by atoms with Crippen molar-refractivity contribution >= 4 is 22.5 Å². The molecule has 1 aromatic heterocycles. The van der Waals surface area contributed by atoms with E-state index in [4.69, 9.17) is 9.72 Å². The van der Waals surface area contributed by atoms with Gasteiger partial charge in [0.2, 0.25) is 0 Å². The second kappa shape index (κ2) is 9.43. The zero-order valence-electron chi connectivity index (χ0n) is 17.9. The molecule has 4 aromatic rings. The predicted molar refractivity (Wildman–Crippen MR) is 127 cm³/mol. The smallest absolute Gasteiger partial charge is 0.256 e. The fourth-order valence-corrected chi connectivity index (χ4v) is 3.61. The fourth-order valence-electron chi connectivity index (χ4n) is 3.61. The van der Waals surface area contributed by atoms with Crippen LogP contribution in [0.2, 0.25) is 0 Å². The number of carbonyl (C=O) groups excluding carboxylic acids is 1. The molecule has 0 fully saturated rings. The van der Waals surface area contributed by atoms with Gasteiger partial charge in [-0.15, -0.1) is 0 Å². The van der Waals surface area contributed by atoms with E-state index < -0.39 is 0 Å². The third kappa shape index (κ3) is 4.75. The van der Waals surface area contributed by atoms with Crippen molar-refractivity contribution in [3.63, 3.8) is 0 Å². The maximum atomic E-state index is 13.3. The predicted octanol–water partition coefficient (Wildman–Crippen LogP) is 6.51. The number of aryl methyl sites for hydroxylation is 1. The lowest BCUT2D eigenvalue weighted by Gasteiger charge is -2.12. The van der Waals surface area contributed by atoms with Crippen LogP contribution in [0.4, 0.5) is 5.69 Å². The number of nitrogens with zero attached hydrogens (tertiary/aromatic N) is 1. The summed E-state index contributed by atoms with van der Waals surface area (Å²) in [6.45, 7) is 2.19. The highest BCUT2D eigenvalue weighted by atomic mass is 16.5. The van der Waals surface area contributed by atoms with Gasteiger partial charge in [-0.1, -0.05) is 55.8 Å². The number of benzene rings is 3. The third-order valence-electron chi connectivity index (χ3n) is 5.36. The van der Waals surface area contributed by atoms with Crippen LogP contribution < -0.4 is 10.1 Å². The molecule has 0 bridgehead atoms. The fraction of sp³-hybridized carbons (Fsp3) is 0.185. The van der Waals surface area contributed by atoms with E-state index >= 15 is 0 Å². The van der Waals surface area contributed by atoms with Gasteiger partial charge in [-0.3, -0.25) is 4.79 Å². The van der Waals surface area contributed by atoms with Crippen molar-refractivity contribution in [3.05, 3.63) is 90.0 Å². The lowest BCUT2D eigenvalue weighted by Crippen LogP contribution is -2.13. The van der Waals surface area contributed by atoms with Gasteiger partial charge in [0.15, 0.2) is 0 Å². The van der Waals surface area contributed by atoms with Gasteiger partial charge in [-0.2, -0.15) is 0 Å². The summed E-state index contributed by atoms with van der Waals surface area (Å²) in [7, 11) is 1.63. The molecular weight excluding hydrogens is 384 g/mol. The van der Waals surface area contributed by atoms with Crippen LogP contribution in [0.15, 0.2) is 78.9 Å². The highest BCUT2D eigenvalue weighted by molar-refractivity contribution is 6.13. The number of anilines is 1. The Labute approximate surface area is 182 Å². The minimum Gasteiger partial charge on any atom is -0.497 e. The van der Waals surface area contributed by atoms with E-state index in [0.29, 0.717) is 11.3 Å². The van der Waals surface area contributed by atoms with Gasteiger partial charge in [0.05, 0.1) is 23.9 Å². The van der Waals surface area contributed by atoms with Crippen LogP contribution in [-0.4, -0.2) is 18.0 Å². The number of rotatable bonds is 7. The molecule has 0 spiro atoms. The number of nitrogens with one attached hydrogen (secondary N) is 1. The zero-order chi connectivity index (χ0) is 21.6. The number of pyridine rings is 1. The van der Waals surface area contributed by atoms with Crippen molar-refractivity contribution in [2.75, 3.05) is 12.4 Å². The second-order valence-electron chi connectivity index (χ2n) is 7.56. The van der Waals surface area contributed by atoms with Crippen LogP contribution in [0.25, 0.3) is 22.2 Å². The lowest BCUT2D eigenvalue weighted by atomic mass is 10.0. The molecule has 0 aliphatic heterocycles. The van der Waals surface area contributed by atoms with Gasteiger partial charge in [0.1, 0.15) is 5.75 Å². The Kier molecular flexibility index (Phi) is 6.27. The van der Waals surface area contributed by atoms with Crippen molar-refractivity contribution in [3.8, 4) is 17.0 Å². The van der Waals surface area contributed by atoms with Crippen LogP contribution in [0, 0.1) is 0 Å². The number of ether oxygens (including phenoxy) is 1. The molecule has 1 heterocycles. The molecule has 0 saturated heterocycles. The summed E-state index contributed by atoms with van der Waals surface area (Å²) in [5.74, 6) is 0.551. The van der Waals surface area contributed by atoms with Crippen LogP contribution in [-0.2, 0) is 6.42 Å². The van der Waals surface area contributed by atoms with Crippen LogP contribution in [0.3, 0.4) is 0 Å². The molecule has 0 radical (unpaired) electrons. The molecule has 4 rings (SSSR count). The topological polar surface area (TPSA) is 51.2 Å². The first kappa shape index (κ1) is 20.6. The summed E-state index contributed by atoms with van der Waals surface area (Å²) >= 11 is 0. The number of hydrogen-bond acceptors (Lipinski definition) is 3. The lowest BCUT2D eigenvalue weighted by molar-refractivity contribution is 0.102. The number of fused-ring (bicyclic) bond motifs is 1. The Morgan fingerprint density at radius 3 is 2.45 bits per heavy atom. The van der Waals surface area contributed by atoms with Crippen LogP contribution in [0.1, 0.15) is 35.7 Å². The van der Waals surface area contributed by atoms with E-state index in [9.17, 15) is 4.79 Å². The molecule has 4 nitrogen and oxygen atoms in total. The van der Waals surface area contributed by atoms with E-state index in [1.165, 1.54) is 18.4 Å². The van der Waals surface area contributed by atoms with E-state index in [-0.39, 0.29) is 5.91 Å². The standard InChI is InChI=1S/C27H26N2O2/c1-3-4-8-19-11-13-21(14-12-19)28-27(30)24-18-25(20-9-6-5-7-10-20)29-26-17-22(31-2)15-16-23(24)26/h5-7,9-18H,3-4,8H2,1-2H3,(H,28,30). The van der Waals surface area contributed by atoms with Gasteiger partial charge in [0.25, 0.3) is 5.91 Å². The molecule has 0 aliphatic carbocycles. The largest absolute Gasteiger partial charge is 0.497 e. The Morgan fingerprint density at radius 1 is 0.968 bits per heavy atom. The Morgan fingerprint density at radius 2 is 1.74 bits per heavy atom. The molecule has 0 unspecified atom stereocenters. The first-order valence-corrected chi connectivity index (χ1v) is 10.6. The van der Waals surface area contributed by atoms with Crippen molar-refractivity contribution in [1.29, 1.82) is 0 Å². The Hall–Kier alpha value is -3.66. The number of amides is 1. The Bertz CT molecular complexity index is 1190. The van der Waals surface area contributed by atoms with Gasteiger partial charge in [-0.25, -0.2) is 4.98 Å². The highest BCUT2D eigenvalue weighted by Crippen LogP contribution is 2.28. The first-order valence-electron chi connectivity index (χ1n) is 10.6. The van der Waals surface area contributed by atoms with Gasteiger partial charge in [0, 0.05) is 22.7 Å². The maximum absolute atomic E-state index is 13.3. The molecule has 1 N–H and O–H groups in total. The first-order chi connectivity index (χ1) is 15.2. The average molecular weight is 411 g/mol. The van der Waals surface area contributed by atoms with Gasteiger partial charge >= 0.3 is 0 Å². The normalized spacial score (nSPS) is 10.8. The van der Waals surface area contributed by atoms with Crippen molar-refractivity contribution in [2.24, 2.45) is 0 Å². The van der Waals surface area contributed by atoms with E-state index in [1.54, 1.807) is 7.11 Å². The van der Waals surface area contributed by atoms with Crippen molar-refractivity contribution < 1.29 is 9.53 Å². The summed E-state index contributed by atoms with van der Waals surface area (Å²) in [4.78, 5) is 18.0. The molecule has 0 aliphatic rings. The average Bonchev–Trinajstić information content (AvgIpc) is 2.83. The third-order valence-corrected chi connectivity index (χ3v) is 5.36. The van der Waals surface area contributed by atoms with Gasteiger partial charge in [-0.05, 0) is 48.7 Å². The van der Waals surface area contributed by atoms with E-state index in [0.717, 1.165) is 34.3 Å². The minimum absolute atomic E-state index is 0.156. The van der Waals surface area contributed by atoms with Crippen LogP contribution >= 0.6 is 0 Å². The molecule has 31 heavy (non-hydrogen) atoms. The SMILES string of the molecule is CCCCc1ccc(NC(=O)c2cc(-c3ccccc3)nc3cc(OC)ccc23)cc1. The number of hydrogen-bond donors (Lipinski definition) is 1. The molecule has 156 valence electrons. The molecule has 4 heteroatoms. The van der Waals surface area contributed by atoms with E-state index in [2.05, 4.69) is 24.4 Å². The van der Waals surface area contributed by atoms with Crippen molar-refractivity contribution in [2.45, 2.75) is 26.2 Å². The molecule has 1 amide bonds. The minimum atomic E-state index is -0.156. The highest BCUT2D eigenvalue weighted by Gasteiger charge is 2.15. The summed E-state index contributed by atoms with van der Waals surface area (Å²) in [5.41, 5.74) is 5.09. The number of carbonyl (C=O) groups is 1. The monoisotopic (exact) mass is 410 g/mol. The molecular formula is C27H26N2O2. The Balaban J connectivity index is 1.70. The number of methoxy groups -OCH3 is 1. The molecule has 0 atom stereocenters. The van der Waals surface area contributed by atoms with E-state index in [1.807, 2.05) is 66.7 Å². The second-order valence-corrected chi connectivity index (χ2v) is 7.56. The maximum Gasteiger partial charge on any atom is 0.256 e.